The molecule has 0 aliphatic carbocycles. The number of ether oxygens (including phenoxy) is 1. The molecule has 5 nitrogen and oxygen atoms in total. The summed E-state index contributed by atoms with van der Waals surface area (Å²) in [5.41, 5.74) is 0.00413. The van der Waals surface area contributed by atoms with Gasteiger partial charge in [-0.2, -0.15) is 0 Å². The lowest BCUT2D eigenvalue weighted by Crippen LogP contribution is -2.14. The first-order chi connectivity index (χ1) is 8.04. The SMILES string of the molecule is COc1cc(SCCN(C)C)ccc1[N+](=O)[O-]. The summed E-state index contributed by atoms with van der Waals surface area (Å²) in [6.07, 6.45) is 0. The second kappa shape index (κ2) is 6.46. The van der Waals surface area contributed by atoms with Gasteiger partial charge in [0.1, 0.15) is 0 Å². The van der Waals surface area contributed by atoms with Crippen molar-refractivity contribution in [3.8, 4) is 5.75 Å². The number of methoxy groups -OCH3 is 1. The fourth-order valence-corrected chi connectivity index (χ4v) is 2.29. The standard InChI is InChI=1S/C11H16N2O3S/c1-12(2)6-7-17-9-4-5-10(13(14)15)11(8-9)16-3/h4-5,8H,6-7H2,1-3H3. The van der Waals surface area contributed by atoms with E-state index in [9.17, 15) is 10.1 Å². The maximum atomic E-state index is 10.7. The Hall–Kier alpha value is -1.27. The molecule has 0 bridgehead atoms. The van der Waals surface area contributed by atoms with Gasteiger partial charge in [0.05, 0.1) is 12.0 Å². The van der Waals surface area contributed by atoms with Crippen molar-refractivity contribution in [1.82, 2.24) is 4.90 Å². The lowest BCUT2D eigenvalue weighted by atomic mass is 10.3. The van der Waals surface area contributed by atoms with Crippen LogP contribution >= 0.6 is 11.8 Å². The summed E-state index contributed by atoms with van der Waals surface area (Å²) >= 11 is 1.65. The summed E-state index contributed by atoms with van der Waals surface area (Å²) in [5.74, 6) is 1.25. The predicted octanol–water partition coefficient (Wildman–Crippen LogP) is 2.26. The molecule has 0 spiro atoms. The lowest BCUT2D eigenvalue weighted by Gasteiger charge is -2.09. The van der Waals surface area contributed by atoms with E-state index < -0.39 is 4.92 Å². The summed E-state index contributed by atoms with van der Waals surface area (Å²) in [6, 6.07) is 4.94. The third-order valence-electron chi connectivity index (χ3n) is 2.16. The molecule has 0 aliphatic heterocycles. The fourth-order valence-electron chi connectivity index (χ4n) is 1.24. The van der Waals surface area contributed by atoms with Gasteiger partial charge in [0.15, 0.2) is 5.75 Å². The maximum Gasteiger partial charge on any atom is 0.310 e. The minimum absolute atomic E-state index is 0.00413. The molecule has 1 aromatic rings. The Kier molecular flexibility index (Phi) is 5.24. The largest absolute Gasteiger partial charge is 0.490 e. The van der Waals surface area contributed by atoms with Crippen molar-refractivity contribution in [1.29, 1.82) is 0 Å². The molecule has 6 heteroatoms. The number of nitrogens with zero attached hydrogens (tertiary/aromatic N) is 2. The second-order valence-electron chi connectivity index (χ2n) is 3.74. The molecule has 0 saturated heterocycles. The zero-order chi connectivity index (χ0) is 12.8. The van der Waals surface area contributed by atoms with Crippen molar-refractivity contribution < 1.29 is 9.66 Å². The van der Waals surface area contributed by atoms with E-state index >= 15 is 0 Å². The van der Waals surface area contributed by atoms with Crippen molar-refractivity contribution in [3.05, 3.63) is 28.3 Å². The van der Waals surface area contributed by atoms with E-state index in [1.165, 1.54) is 13.2 Å². The Balaban J connectivity index is 2.72. The zero-order valence-corrected chi connectivity index (χ0v) is 11.0. The Labute approximate surface area is 105 Å². The molecule has 17 heavy (non-hydrogen) atoms. The number of nitro groups is 1. The van der Waals surface area contributed by atoms with Crippen LogP contribution in [0.2, 0.25) is 0 Å². The van der Waals surface area contributed by atoms with E-state index in [0.29, 0.717) is 5.75 Å². The molecule has 1 rings (SSSR count). The number of hydrogen-bond acceptors (Lipinski definition) is 5. The quantitative estimate of drug-likeness (QED) is 0.444. The number of benzene rings is 1. The highest BCUT2D eigenvalue weighted by Crippen LogP contribution is 2.31. The van der Waals surface area contributed by atoms with Crippen LogP contribution in [0.1, 0.15) is 0 Å². The van der Waals surface area contributed by atoms with Gasteiger partial charge in [-0.3, -0.25) is 10.1 Å². The monoisotopic (exact) mass is 256 g/mol. The van der Waals surface area contributed by atoms with Crippen molar-refractivity contribution in [3.63, 3.8) is 0 Å². The lowest BCUT2D eigenvalue weighted by molar-refractivity contribution is -0.385. The Bertz CT molecular complexity index is 396. The summed E-state index contributed by atoms with van der Waals surface area (Å²) < 4.78 is 5.01. The van der Waals surface area contributed by atoms with Crippen LogP contribution in [0.5, 0.6) is 5.75 Å². The highest BCUT2D eigenvalue weighted by Gasteiger charge is 2.14. The highest BCUT2D eigenvalue weighted by molar-refractivity contribution is 7.99. The normalized spacial score (nSPS) is 10.6. The maximum absolute atomic E-state index is 10.7. The smallest absolute Gasteiger partial charge is 0.310 e. The average molecular weight is 256 g/mol. The molecule has 0 unspecified atom stereocenters. The van der Waals surface area contributed by atoms with Crippen molar-refractivity contribution >= 4 is 17.4 Å². The van der Waals surface area contributed by atoms with E-state index in [2.05, 4.69) is 4.90 Å². The third kappa shape index (κ3) is 4.24. The Morgan fingerprint density at radius 1 is 1.47 bits per heavy atom. The van der Waals surface area contributed by atoms with E-state index in [0.717, 1.165) is 17.2 Å². The van der Waals surface area contributed by atoms with Gasteiger partial charge in [-0.1, -0.05) is 0 Å². The number of rotatable bonds is 6. The molecule has 0 N–H and O–H groups in total. The second-order valence-corrected chi connectivity index (χ2v) is 4.91. The van der Waals surface area contributed by atoms with Crippen LogP contribution in [0, 0.1) is 10.1 Å². The van der Waals surface area contributed by atoms with Crippen molar-refractivity contribution in [2.24, 2.45) is 0 Å². The molecule has 94 valence electrons. The van der Waals surface area contributed by atoms with Gasteiger partial charge in [0.25, 0.3) is 0 Å². The van der Waals surface area contributed by atoms with Crippen LogP contribution in [-0.4, -0.2) is 43.3 Å². The number of hydrogen-bond donors (Lipinski definition) is 0. The molecule has 0 aliphatic rings. The van der Waals surface area contributed by atoms with Gasteiger partial charge >= 0.3 is 5.69 Å². The van der Waals surface area contributed by atoms with Crippen molar-refractivity contribution in [2.45, 2.75) is 4.90 Å². The minimum Gasteiger partial charge on any atom is -0.490 e. The van der Waals surface area contributed by atoms with Gasteiger partial charge in [-0.25, -0.2) is 0 Å². The van der Waals surface area contributed by atoms with Gasteiger partial charge in [-0.15, -0.1) is 11.8 Å². The molecule has 0 saturated carbocycles. The van der Waals surface area contributed by atoms with Crippen LogP contribution in [0.3, 0.4) is 0 Å². The molecule has 0 amide bonds. The van der Waals surface area contributed by atoms with Crippen LogP contribution in [-0.2, 0) is 0 Å². The Morgan fingerprint density at radius 3 is 2.71 bits per heavy atom. The highest BCUT2D eigenvalue weighted by atomic mass is 32.2. The minimum atomic E-state index is -0.437. The summed E-state index contributed by atoms with van der Waals surface area (Å²) in [6.45, 7) is 0.962. The summed E-state index contributed by atoms with van der Waals surface area (Å²) in [4.78, 5) is 13.3. The first-order valence-electron chi connectivity index (χ1n) is 5.14. The van der Waals surface area contributed by atoms with Gasteiger partial charge in [0, 0.05) is 29.3 Å². The van der Waals surface area contributed by atoms with E-state index in [1.807, 2.05) is 14.1 Å². The van der Waals surface area contributed by atoms with E-state index in [-0.39, 0.29) is 5.69 Å². The topological polar surface area (TPSA) is 55.6 Å². The third-order valence-corrected chi connectivity index (χ3v) is 3.13. The van der Waals surface area contributed by atoms with Crippen LogP contribution < -0.4 is 4.74 Å². The molecule has 1 aromatic carbocycles. The Morgan fingerprint density at radius 2 is 2.18 bits per heavy atom. The van der Waals surface area contributed by atoms with Crippen LogP contribution in [0.4, 0.5) is 5.69 Å². The average Bonchev–Trinajstić information content (AvgIpc) is 2.28. The molecular formula is C11H16N2O3S. The molecule has 0 fully saturated rings. The van der Waals surface area contributed by atoms with Gasteiger partial charge < -0.3 is 9.64 Å². The molecule has 0 aromatic heterocycles. The fraction of sp³-hybridized carbons (Fsp3) is 0.455. The molecule has 0 radical (unpaired) electrons. The van der Waals surface area contributed by atoms with E-state index in [1.54, 1.807) is 23.9 Å². The molecule has 0 heterocycles. The first-order valence-corrected chi connectivity index (χ1v) is 6.13. The molecular weight excluding hydrogens is 240 g/mol. The predicted molar refractivity (Wildman–Crippen MR) is 68.9 cm³/mol. The first kappa shape index (κ1) is 13.8. The van der Waals surface area contributed by atoms with Gasteiger partial charge in [-0.05, 0) is 20.2 Å². The van der Waals surface area contributed by atoms with Gasteiger partial charge in [0.2, 0.25) is 0 Å². The van der Waals surface area contributed by atoms with E-state index in [4.69, 9.17) is 4.74 Å². The number of thioether (sulfide) groups is 1. The zero-order valence-electron chi connectivity index (χ0n) is 10.2. The van der Waals surface area contributed by atoms with Crippen LogP contribution in [0.25, 0.3) is 0 Å². The number of nitro benzene ring substituents is 1. The van der Waals surface area contributed by atoms with Crippen molar-refractivity contribution in [2.75, 3.05) is 33.5 Å². The summed E-state index contributed by atoms with van der Waals surface area (Å²) in [7, 11) is 5.46. The molecule has 0 atom stereocenters. The summed E-state index contributed by atoms with van der Waals surface area (Å²) in [5, 5.41) is 10.7. The van der Waals surface area contributed by atoms with Crippen LogP contribution in [0.15, 0.2) is 23.1 Å².